The van der Waals surface area contributed by atoms with Crippen molar-refractivity contribution in [2.45, 2.75) is 38.1 Å². The number of rotatable bonds is 2. The molecule has 4 nitrogen and oxygen atoms in total. The normalized spacial score (nSPS) is 21.4. The molecule has 4 N–H and O–H groups in total. The first-order valence-electron chi connectivity index (χ1n) is 4.48. The summed E-state index contributed by atoms with van der Waals surface area (Å²) >= 11 is 0. The highest BCUT2D eigenvalue weighted by molar-refractivity contribution is 5.79. The minimum atomic E-state index is 0.265. The minimum absolute atomic E-state index is 0.265. The second-order valence-corrected chi connectivity index (χ2v) is 3.33. The van der Waals surface area contributed by atoms with Crippen LogP contribution in [0, 0.1) is 0 Å². The van der Waals surface area contributed by atoms with Crippen LogP contribution >= 0.6 is 0 Å². The molecule has 12 heavy (non-hydrogen) atoms. The molecule has 4 heteroatoms. The maximum atomic E-state index is 5.28. The summed E-state index contributed by atoms with van der Waals surface area (Å²) < 4.78 is 0. The quantitative estimate of drug-likeness (QED) is 0.243. The van der Waals surface area contributed by atoms with Crippen LogP contribution in [-0.2, 0) is 0 Å². The zero-order valence-electron chi connectivity index (χ0n) is 7.85. The van der Waals surface area contributed by atoms with Crippen molar-refractivity contribution in [1.29, 1.82) is 0 Å². The first kappa shape index (κ1) is 9.32. The second-order valence-electron chi connectivity index (χ2n) is 3.33. The lowest BCUT2D eigenvalue weighted by Gasteiger charge is -2.42. The lowest BCUT2D eigenvalue weighted by Crippen LogP contribution is -2.57. The van der Waals surface area contributed by atoms with E-state index in [1.54, 1.807) is 7.05 Å². The molecule has 1 rings (SSSR count). The van der Waals surface area contributed by atoms with E-state index in [0.717, 1.165) is 6.42 Å². The predicted octanol–water partition coefficient (Wildman–Crippen LogP) is 0.358. The van der Waals surface area contributed by atoms with Gasteiger partial charge >= 0.3 is 0 Å². The zero-order valence-corrected chi connectivity index (χ0v) is 7.85. The molecule has 0 aliphatic heterocycles. The Balaban J connectivity index is 2.47. The third kappa shape index (κ3) is 1.69. The number of guanidine groups is 1. The Morgan fingerprint density at radius 1 is 1.58 bits per heavy atom. The van der Waals surface area contributed by atoms with Crippen LogP contribution in [0.25, 0.3) is 0 Å². The van der Waals surface area contributed by atoms with E-state index in [1.807, 2.05) is 0 Å². The van der Waals surface area contributed by atoms with Gasteiger partial charge in [-0.15, -0.1) is 0 Å². The number of hydrogen-bond donors (Lipinski definition) is 3. The maximum Gasteiger partial charge on any atom is 0.205 e. The molecule has 0 aromatic rings. The van der Waals surface area contributed by atoms with Crippen molar-refractivity contribution in [1.82, 2.24) is 10.7 Å². The van der Waals surface area contributed by atoms with Crippen molar-refractivity contribution < 1.29 is 0 Å². The van der Waals surface area contributed by atoms with Gasteiger partial charge in [0.25, 0.3) is 0 Å². The summed E-state index contributed by atoms with van der Waals surface area (Å²) in [6.07, 6.45) is 4.89. The van der Waals surface area contributed by atoms with Crippen LogP contribution < -0.4 is 16.6 Å². The Bertz CT molecular complexity index is 166. The van der Waals surface area contributed by atoms with Gasteiger partial charge in [-0.2, -0.15) is 0 Å². The van der Waals surface area contributed by atoms with Crippen LogP contribution in [0.4, 0.5) is 0 Å². The minimum Gasteiger partial charge on any atom is -0.350 e. The summed E-state index contributed by atoms with van der Waals surface area (Å²) in [5.41, 5.74) is 2.81. The molecule has 0 radical (unpaired) electrons. The van der Waals surface area contributed by atoms with Crippen LogP contribution in [0.5, 0.6) is 0 Å². The molecule has 0 amide bonds. The summed E-state index contributed by atoms with van der Waals surface area (Å²) in [6.45, 7) is 2.19. The topological polar surface area (TPSA) is 62.4 Å². The van der Waals surface area contributed by atoms with Crippen LogP contribution in [0.2, 0.25) is 0 Å². The van der Waals surface area contributed by atoms with Gasteiger partial charge in [0.15, 0.2) is 0 Å². The van der Waals surface area contributed by atoms with E-state index in [2.05, 4.69) is 22.7 Å². The van der Waals surface area contributed by atoms with E-state index in [9.17, 15) is 0 Å². The molecule has 0 saturated heterocycles. The summed E-state index contributed by atoms with van der Waals surface area (Å²) in [6, 6.07) is 0. The van der Waals surface area contributed by atoms with Gasteiger partial charge in [0.05, 0.1) is 0 Å². The van der Waals surface area contributed by atoms with Crippen molar-refractivity contribution in [3.8, 4) is 0 Å². The zero-order chi connectivity index (χ0) is 9.03. The lowest BCUT2D eigenvalue weighted by atomic mass is 9.75. The van der Waals surface area contributed by atoms with Crippen molar-refractivity contribution in [2.24, 2.45) is 10.8 Å². The third-order valence-corrected chi connectivity index (χ3v) is 2.73. The van der Waals surface area contributed by atoms with Gasteiger partial charge in [0.2, 0.25) is 5.96 Å². The Morgan fingerprint density at radius 2 is 2.25 bits per heavy atom. The molecule has 0 aromatic heterocycles. The van der Waals surface area contributed by atoms with Gasteiger partial charge in [-0.1, -0.05) is 6.92 Å². The number of nitrogens with two attached hydrogens (primary N) is 1. The molecule has 1 fully saturated rings. The molecule has 70 valence electrons. The average molecular weight is 170 g/mol. The molecular weight excluding hydrogens is 152 g/mol. The molecular formula is C8H18N4. The lowest BCUT2D eigenvalue weighted by molar-refractivity contribution is 0.207. The monoisotopic (exact) mass is 170 g/mol. The Hall–Kier alpha value is -0.770. The molecule has 1 saturated carbocycles. The summed E-state index contributed by atoms with van der Waals surface area (Å²) in [5, 5.41) is 3.33. The number of hydrazine groups is 1. The van der Waals surface area contributed by atoms with E-state index in [0.29, 0.717) is 5.96 Å². The van der Waals surface area contributed by atoms with Gasteiger partial charge in [-0.25, -0.2) is 5.84 Å². The van der Waals surface area contributed by atoms with Crippen LogP contribution in [0.3, 0.4) is 0 Å². The van der Waals surface area contributed by atoms with Crippen molar-refractivity contribution >= 4 is 5.96 Å². The van der Waals surface area contributed by atoms with Crippen LogP contribution in [-0.4, -0.2) is 18.5 Å². The first-order valence-corrected chi connectivity index (χ1v) is 4.48. The summed E-state index contributed by atoms with van der Waals surface area (Å²) in [5.74, 6) is 5.97. The highest BCUT2D eigenvalue weighted by Crippen LogP contribution is 2.34. The fourth-order valence-corrected chi connectivity index (χ4v) is 1.58. The highest BCUT2D eigenvalue weighted by atomic mass is 15.3. The Kier molecular flexibility index (Phi) is 2.92. The number of nitrogens with zero attached hydrogens (tertiary/aromatic N) is 1. The number of hydrogen-bond acceptors (Lipinski definition) is 2. The molecule has 0 spiro atoms. The molecule has 0 heterocycles. The van der Waals surface area contributed by atoms with Crippen molar-refractivity contribution in [2.75, 3.05) is 7.05 Å². The Labute approximate surface area is 73.6 Å². The SMILES string of the molecule is CCC1(NC(=NC)NN)CCC1. The Morgan fingerprint density at radius 3 is 2.50 bits per heavy atom. The van der Waals surface area contributed by atoms with Gasteiger partial charge in [0.1, 0.15) is 0 Å². The van der Waals surface area contributed by atoms with Gasteiger partial charge in [0, 0.05) is 12.6 Å². The highest BCUT2D eigenvalue weighted by Gasteiger charge is 2.35. The number of nitrogens with one attached hydrogen (secondary N) is 2. The summed E-state index contributed by atoms with van der Waals surface area (Å²) in [7, 11) is 1.73. The first-order chi connectivity index (χ1) is 5.76. The predicted molar refractivity (Wildman–Crippen MR) is 50.7 cm³/mol. The third-order valence-electron chi connectivity index (χ3n) is 2.73. The standard InChI is InChI=1S/C8H18N4/c1-3-8(5-4-6-8)11-7(10-2)12-9/h3-6,9H2,1-2H3,(H2,10,11,12). The van der Waals surface area contributed by atoms with Crippen molar-refractivity contribution in [3.05, 3.63) is 0 Å². The second kappa shape index (κ2) is 3.76. The fourth-order valence-electron chi connectivity index (χ4n) is 1.58. The largest absolute Gasteiger partial charge is 0.350 e. The average Bonchev–Trinajstić information content (AvgIpc) is 2.05. The van der Waals surface area contributed by atoms with Gasteiger partial charge < -0.3 is 5.32 Å². The van der Waals surface area contributed by atoms with Crippen molar-refractivity contribution in [3.63, 3.8) is 0 Å². The smallest absolute Gasteiger partial charge is 0.205 e. The molecule has 0 atom stereocenters. The molecule has 1 aliphatic carbocycles. The van der Waals surface area contributed by atoms with E-state index in [4.69, 9.17) is 5.84 Å². The van der Waals surface area contributed by atoms with Gasteiger partial charge in [-0.05, 0) is 25.7 Å². The number of aliphatic imine (C=N–C) groups is 1. The van der Waals surface area contributed by atoms with E-state index in [-0.39, 0.29) is 5.54 Å². The molecule has 0 bridgehead atoms. The van der Waals surface area contributed by atoms with Crippen LogP contribution in [0.15, 0.2) is 4.99 Å². The maximum absolute atomic E-state index is 5.28. The van der Waals surface area contributed by atoms with E-state index in [1.165, 1.54) is 19.3 Å². The molecule has 0 aromatic carbocycles. The van der Waals surface area contributed by atoms with E-state index < -0.39 is 0 Å². The van der Waals surface area contributed by atoms with Crippen LogP contribution in [0.1, 0.15) is 32.6 Å². The fraction of sp³-hybridized carbons (Fsp3) is 0.875. The summed E-state index contributed by atoms with van der Waals surface area (Å²) in [4.78, 5) is 3.99. The molecule has 0 unspecified atom stereocenters. The van der Waals surface area contributed by atoms with E-state index >= 15 is 0 Å². The van der Waals surface area contributed by atoms with Gasteiger partial charge in [-0.3, -0.25) is 10.4 Å². The molecule has 1 aliphatic rings.